The van der Waals surface area contributed by atoms with E-state index in [2.05, 4.69) is 0 Å². The fraction of sp³-hybridized carbons (Fsp3) is 0.316. The predicted octanol–water partition coefficient (Wildman–Crippen LogP) is 3.76. The summed E-state index contributed by atoms with van der Waals surface area (Å²) in [5.74, 6) is 0. The third-order valence-corrected chi connectivity index (χ3v) is 4.63. The van der Waals surface area contributed by atoms with Gasteiger partial charge in [0.25, 0.3) is 0 Å². The summed E-state index contributed by atoms with van der Waals surface area (Å²) in [5, 5.41) is 9.28. The van der Waals surface area contributed by atoms with Crippen LogP contribution < -0.4 is 5.46 Å². The topological polar surface area (TPSA) is 55.4 Å². The minimum Gasteiger partial charge on any atom is -0.456 e. The molecule has 0 atom stereocenters. The minimum absolute atomic E-state index is 0.00438. The second kappa shape index (κ2) is 4.86. The molecule has 3 aromatic rings. The first-order valence-electron chi connectivity index (χ1n) is 10.6. The Morgan fingerprint density at radius 2 is 1.67 bits per heavy atom. The zero-order valence-electron chi connectivity index (χ0n) is 19.7. The van der Waals surface area contributed by atoms with Gasteiger partial charge in [-0.1, -0.05) is 12.1 Å². The number of rotatable bonds is 1. The lowest BCUT2D eigenvalue weighted by atomic mass is 9.79. The molecule has 1 aliphatic rings. The van der Waals surface area contributed by atoms with E-state index in [9.17, 15) is 5.26 Å². The SMILES string of the molecule is [2H]c1c(C#N)c([2H])c2c(oc3c([2H])c(B4OC(C)(C)C(C)(C)O4)c([2H])c([2H])c32)c1[2H]. The van der Waals surface area contributed by atoms with Gasteiger partial charge in [0.2, 0.25) is 0 Å². The average Bonchev–Trinajstić information content (AvgIpc) is 3.14. The first-order valence-corrected chi connectivity index (χ1v) is 7.55. The Morgan fingerprint density at radius 3 is 2.33 bits per heavy atom. The quantitative estimate of drug-likeness (QED) is 0.639. The number of nitriles is 1. The van der Waals surface area contributed by atoms with Gasteiger partial charge in [-0.25, -0.2) is 0 Å². The summed E-state index contributed by atoms with van der Waals surface area (Å²) in [7, 11) is -1.07. The van der Waals surface area contributed by atoms with Gasteiger partial charge in [0.05, 0.1) is 31.1 Å². The van der Waals surface area contributed by atoms with Crippen molar-refractivity contribution < 1.29 is 22.0 Å². The maximum atomic E-state index is 9.30. The Kier molecular flexibility index (Phi) is 2.00. The molecule has 4 rings (SSSR count). The number of furan rings is 1. The van der Waals surface area contributed by atoms with Crippen LogP contribution in [0, 0.1) is 11.3 Å². The summed E-state index contributed by atoms with van der Waals surface area (Å²) in [4.78, 5) is 0. The Bertz CT molecular complexity index is 1280. The van der Waals surface area contributed by atoms with Crippen LogP contribution in [0.2, 0.25) is 0 Å². The van der Waals surface area contributed by atoms with Gasteiger partial charge in [0.1, 0.15) is 11.2 Å². The van der Waals surface area contributed by atoms with Crippen LogP contribution in [0.25, 0.3) is 21.9 Å². The largest absolute Gasteiger partial charge is 0.494 e. The van der Waals surface area contributed by atoms with Gasteiger partial charge in [-0.2, -0.15) is 5.26 Å². The summed E-state index contributed by atoms with van der Waals surface area (Å²) in [5.41, 5.74) is -1.99. The van der Waals surface area contributed by atoms with Crippen LogP contribution in [-0.4, -0.2) is 18.3 Å². The van der Waals surface area contributed by atoms with Crippen molar-refractivity contribution in [1.29, 1.82) is 5.26 Å². The standard InChI is InChI=1S/C19H18BNO3/c1-18(2)19(3,4)24-20(23-18)13-6-7-14-15-9-12(11-21)5-8-16(15)22-17(14)10-13/h5-10H,1-4H3/i5D,6D,7D,8D,9D,10D. The molecular weight excluding hydrogens is 301 g/mol. The number of hydrogen-bond acceptors (Lipinski definition) is 4. The molecule has 0 N–H and O–H groups in total. The van der Waals surface area contributed by atoms with E-state index in [0.29, 0.717) is 0 Å². The molecule has 0 amide bonds. The Hall–Kier alpha value is -2.29. The summed E-state index contributed by atoms with van der Waals surface area (Å²) >= 11 is 0. The van der Waals surface area contributed by atoms with Gasteiger partial charge >= 0.3 is 7.12 Å². The Labute approximate surface area is 149 Å². The monoisotopic (exact) mass is 325 g/mol. The van der Waals surface area contributed by atoms with Crippen molar-refractivity contribution in [2.75, 3.05) is 0 Å². The number of fused-ring (bicyclic) bond motifs is 3. The minimum atomic E-state index is -1.07. The van der Waals surface area contributed by atoms with Gasteiger partial charge in [0, 0.05) is 10.8 Å². The molecule has 0 saturated carbocycles. The lowest BCUT2D eigenvalue weighted by molar-refractivity contribution is 0.00578. The van der Waals surface area contributed by atoms with Crippen LogP contribution in [-0.2, 0) is 9.31 Å². The first kappa shape index (κ1) is 9.88. The van der Waals surface area contributed by atoms with Crippen LogP contribution in [0.3, 0.4) is 0 Å². The molecule has 2 aromatic carbocycles. The highest BCUT2D eigenvalue weighted by molar-refractivity contribution is 6.62. The fourth-order valence-electron chi connectivity index (χ4n) is 2.54. The van der Waals surface area contributed by atoms with Crippen LogP contribution in [0.4, 0.5) is 0 Å². The lowest BCUT2D eigenvalue weighted by Gasteiger charge is -2.32. The average molecular weight is 325 g/mol. The summed E-state index contributed by atoms with van der Waals surface area (Å²) in [6.45, 7) is 7.33. The third kappa shape index (κ3) is 2.15. The molecule has 0 unspecified atom stereocenters. The van der Waals surface area contributed by atoms with Crippen LogP contribution in [0.1, 0.15) is 41.5 Å². The van der Waals surface area contributed by atoms with E-state index in [-0.39, 0.29) is 57.1 Å². The highest BCUT2D eigenvalue weighted by Gasteiger charge is 2.51. The highest BCUT2D eigenvalue weighted by atomic mass is 16.7. The van der Waals surface area contributed by atoms with Crippen molar-refractivity contribution in [2.24, 2.45) is 0 Å². The van der Waals surface area contributed by atoms with E-state index in [1.807, 2.05) is 27.7 Å². The van der Waals surface area contributed by atoms with E-state index in [1.165, 1.54) is 0 Å². The van der Waals surface area contributed by atoms with Crippen LogP contribution in [0.5, 0.6) is 0 Å². The van der Waals surface area contributed by atoms with Crippen LogP contribution in [0.15, 0.2) is 40.7 Å². The first-order chi connectivity index (χ1) is 13.8. The molecular formula is C19H18BNO3. The van der Waals surface area contributed by atoms with Crippen molar-refractivity contribution in [3.8, 4) is 6.07 Å². The summed E-state index contributed by atoms with van der Waals surface area (Å²) in [6, 6.07) is -0.355. The Balaban J connectivity index is 2.10. The van der Waals surface area contributed by atoms with Crippen LogP contribution >= 0.6 is 0 Å². The zero-order chi connectivity index (χ0) is 22.3. The molecule has 0 aliphatic carbocycles. The van der Waals surface area contributed by atoms with Crippen molar-refractivity contribution >= 4 is 34.5 Å². The maximum Gasteiger partial charge on any atom is 0.494 e. The highest BCUT2D eigenvalue weighted by Crippen LogP contribution is 2.37. The van der Waals surface area contributed by atoms with Crippen molar-refractivity contribution in [1.82, 2.24) is 0 Å². The fourth-order valence-corrected chi connectivity index (χ4v) is 2.54. The van der Waals surface area contributed by atoms with Gasteiger partial charge in [-0.3, -0.25) is 0 Å². The van der Waals surface area contributed by atoms with Crippen molar-refractivity contribution in [2.45, 2.75) is 38.9 Å². The van der Waals surface area contributed by atoms with Gasteiger partial charge in [0.15, 0.2) is 0 Å². The normalized spacial score (nSPS) is 22.5. The Morgan fingerprint density at radius 1 is 0.958 bits per heavy atom. The molecule has 1 aliphatic heterocycles. The van der Waals surface area contributed by atoms with Crippen molar-refractivity contribution in [3.63, 3.8) is 0 Å². The van der Waals surface area contributed by atoms with E-state index < -0.39 is 30.4 Å². The zero-order valence-corrected chi connectivity index (χ0v) is 13.7. The number of hydrogen-bond donors (Lipinski definition) is 0. The van der Waals surface area contributed by atoms with Crippen molar-refractivity contribution in [3.05, 3.63) is 41.8 Å². The number of benzene rings is 2. The maximum absolute atomic E-state index is 9.30. The number of nitrogens with zero attached hydrogens (tertiary/aromatic N) is 1. The van der Waals surface area contributed by atoms with E-state index in [1.54, 1.807) is 6.07 Å². The lowest BCUT2D eigenvalue weighted by Crippen LogP contribution is -2.41. The summed E-state index contributed by atoms with van der Waals surface area (Å²) in [6.07, 6.45) is 0. The summed E-state index contributed by atoms with van der Waals surface area (Å²) < 4.78 is 67.6. The van der Waals surface area contributed by atoms with Gasteiger partial charge in [-0.15, -0.1) is 0 Å². The smallest absolute Gasteiger partial charge is 0.456 e. The molecule has 4 nitrogen and oxygen atoms in total. The van der Waals surface area contributed by atoms with Gasteiger partial charge < -0.3 is 13.7 Å². The molecule has 2 heterocycles. The van der Waals surface area contributed by atoms with E-state index in [4.69, 9.17) is 22.0 Å². The second-order valence-corrected chi connectivity index (χ2v) is 6.75. The van der Waals surface area contributed by atoms with Gasteiger partial charge in [-0.05, 0) is 57.3 Å². The predicted molar refractivity (Wildman–Crippen MR) is 94.2 cm³/mol. The molecule has 1 fully saturated rings. The van der Waals surface area contributed by atoms with E-state index in [0.717, 1.165) is 0 Å². The molecule has 24 heavy (non-hydrogen) atoms. The molecule has 5 heteroatoms. The third-order valence-electron chi connectivity index (χ3n) is 4.63. The molecule has 0 radical (unpaired) electrons. The molecule has 120 valence electrons. The molecule has 0 spiro atoms. The molecule has 0 bridgehead atoms. The molecule has 1 aromatic heterocycles. The second-order valence-electron chi connectivity index (χ2n) is 6.75. The van der Waals surface area contributed by atoms with E-state index >= 15 is 0 Å². The molecule has 1 saturated heterocycles.